The van der Waals surface area contributed by atoms with Gasteiger partial charge in [0.15, 0.2) is 5.69 Å². The van der Waals surface area contributed by atoms with E-state index in [2.05, 4.69) is 9.72 Å². The molecule has 6 nitrogen and oxygen atoms in total. The first kappa shape index (κ1) is 11.0. The summed E-state index contributed by atoms with van der Waals surface area (Å²) in [5.74, 6) is -0.615. The highest BCUT2D eigenvalue weighted by Crippen LogP contribution is 2.23. The van der Waals surface area contributed by atoms with Gasteiger partial charge >= 0.3 is 5.97 Å². The smallest absolute Gasteiger partial charge is 0.357 e. The molecule has 0 radical (unpaired) electrons. The molecule has 0 aliphatic carbocycles. The van der Waals surface area contributed by atoms with Crippen LogP contribution >= 0.6 is 0 Å². The molecule has 1 aromatic heterocycles. The highest BCUT2D eigenvalue weighted by molar-refractivity contribution is 6.03. The van der Waals surface area contributed by atoms with Gasteiger partial charge in [0.05, 0.1) is 12.0 Å². The van der Waals surface area contributed by atoms with E-state index in [1.54, 1.807) is 12.1 Å². The lowest BCUT2D eigenvalue weighted by atomic mass is 10.1. The van der Waals surface area contributed by atoms with E-state index in [-0.39, 0.29) is 11.4 Å². The van der Waals surface area contributed by atoms with Crippen LogP contribution in [0.15, 0.2) is 30.5 Å². The molecule has 0 saturated heterocycles. The predicted octanol–water partition coefficient (Wildman–Crippen LogP) is 1.93. The number of hydrogen-bond acceptors (Lipinski definition) is 5. The lowest BCUT2D eigenvalue weighted by Gasteiger charge is -2.03. The van der Waals surface area contributed by atoms with Crippen molar-refractivity contribution in [3.63, 3.8) is 0 Å². The molecule has 1 aromatic carbocycles. The minimum absolute atomic E-state index is 0.0775. The summed E-state index contributed by atoms with van der Waals surface area (Å²) in [7, 11) is 1.24. The van der Waals surface area contributed by atoms with Gasteiger partial charge in [-0.3, -0.25) is 10.1 Å². The highest BCUT2D eigenvalue weighted by atomic mass is 16.6. The molecule has 0 atom stereocenters. The zero-order valence-corrected chi connectivity index (χ0v) is 8.91. The number of benzene rings is 1. The topological polar surface area (TPSA) is 82.3 Å². The first-order valence-electron chi connectivity index (χ1n) is 4.75. The fourth-order valence-corrected chi connectivity index (χ4v) is 1.53. The zero-order valence-electron chi connectivity index (χ0n) is 8.91. The van der Waals surface area contributed by atoms with Gasteiger partial charge in [-0.2, -0.15) is 0 Å². The van der Waals surface area contributed by atoms with Crippen molar-refractivity contribution in [1.29, 1.82) is 0 Å². The molecule has 0 unspecified atom stereocenters. The van der Waals surface area contributed by atoms with Crippen molar-refractivity contribution in [3.05, 3.63) is 46.3 Å². The molecule has 2 aromatic rings. The summed E-state index contributed by atoms with van der Waals surface area (Å²) < 4.78 is 4.57. The fraction of sp³-hybridized carbons (Fsp3) is 0.0909. The number of pyridine rings is 1. The molecular weight excluding hydrogens is 224 g/mol. The van der Waals surface area contributed by atoms with Gasteiger partial charge in [0, 0.05) is 23.7 Å². The zero-order chi connectivity index (χ0) is 12.4. The third-order valence-electron chi connectivity index (χ3n) is 2.34. The number of nitrogens with zero attached hydrogens (tertiary/aromatic N) is 2. The first-order chi connectivity index (χ1) is 8.13. The van der Waals surface area contributed by atoms with Gasteiger partial charge < -0.3 is 4.74 Å². The van der Waals surface area contributed by atoms with Crippen LogP contribution < -0.4 is 0 Å². The van der Waals surface area contributed by atoms with E-state index >= 15 is 0 Å². The number of methoxy groups -OCH3 is 1. The summed E-state index contributed by atoms with van der Waals surface area (Å²) in [6.07, 6.45) is 1.46. The molecule has 1 heterocycles. The Kier molecular flexibility index (Phi) is 2.70. The van der Waals surface area contributed by atoms with Crippen molar-refractivity contribution in [2.45, 2.75) is 0 Å². The standard InChI is InChI=1S/C11H8N2O4/c1-17-11(14)10-9-6-8(13(15)16)3-2-7(9)4-5-12-10/h2-6H,1H3. The van der Waals surface area contributed by atoms with Gasteiger partial charge in [0.25, 0.3) is 5.69 Å². The average molecular weight is 232 g/mol. The number of non-ortho nitro benzene ring substituents is 1. The maximum Gasteiger partial charge on any atom is 0.357 e. The molecule has 0 aliphatic rings. The van der Waals surface area contributed by atoms with E-state index < -0.39 is 10.9 Å². The van der Waals surface area contributed by atoms with Crippen LogP contribution in [-0.4, -0.2) is 23.0 Å². The van der Waals surface area contributed by atoms with Gasteiger partial charge in [-0.25, -0.2) is 9.78 Å². The van der Waals surface area contributed by atoms with E-state index in [0.29, 0.717) is 10.8 Å². The molecule has 0 amide bonds. The van der Waals surface area contributed by atoms with Crippen LogP contribution in [-0.2, 0) is 4.74 Å². The molecular formula is C11H8N2O4. The SMILES string of the molecule is COC(=O)c1nccc2ccc([N+](=O)[O-])cc12. The first-order valence-corrected chi connectivity index (χ1v) is 4.75. The van der Waals surface area contributed by atoms with E-state index in [4.69, 9.17) is 0 Å². The molecule has 6 heteroatoms. The molecule has 0 bridgehead atoms. The Morgan fingerprint density at radius 1 is 1.41 bits per heavy atom. The summed E-state index contributed by atoms with van der Waals surface area (Å²) in [5.41, 5.74) is -0.00986. The Bertz CT molecular complexity index is 609. The van der Waals surface area contributed by atoms with Crippen LogP contribution in [0.3, 0.4) is 0 Å². The Morgan fingerprint density at radius 2 is 2.18 bits per heavy atom. The summed E-state index contributed by atoms with van der Waals surface area (Å²) in [4.78, 5) is 25.5. The molecule has 2 rings (SSSR count). The summed E-state index contributed by atoms with van der Waals surface area (Å²) >= 11 is 0. The van der Waals surface area contributed by atoms with Gasteiger partial charge in [-0.15, -0.1) is 0 Å². The van der Waals surface area contributed by atoms with E-state index in [1.165, 1.54) is 25.4 Å². The summed E-state index contributed by atoms with van der Waals surface area (Å²) in [5, 5.41) is 11.8. The number of nitro groups is 1. The third-order valence-corrected chi connectivity index (χ3v) is 2.34. The lowest BCUT2D eigenvalue weighted by molar-refractivity contribution is -0.384. The van der Waals surface area contributed by atoms with E-state index in [1.807, 2.05) is 0 Å². The van der Waals surface area contributed by atoms with Crippen LogP contribution in [0.5, 0.6) is 0 Å². The van der Waals surface area contributed by atoms with Crippen LogP contribution in [0.4, 0.5) is 5.69 Å². The van der Waals surface area contributed by atoms with Crippen LogP contribution in [0.2, 0.25) is 0 Å². The fourth-order valence-electron chi connectivity index (χ4n) is 1.53. The molecule has 0 saturated carbocycles. The Balaban J connectivity index is 2.72. The van der Waals surface area contributed by atoms with Crippen molar-refractivity contribution in [1.82, 2.24) is 4.98 Å². The second kappa shape index (κ2) is 4.17. The van der Waals surface area contributed by atoms with Crippen LogP contribution in [0.25, 0.3) is 10.8 Å². The lowest BCUT2D eigenvalue weighted by Crippen LogP contribution is -2.05. The monoisotopic (exact) mass is 232 g/mol. The Morgan fingerprint density at radius 3 is 2.82 bits per heavy atom. The average Bonchev–Trinajstić information content (AvgIpc) is 2.36. The summed E-state index contributed by atoms with van der Waals surface area (Å²) in [6, 6.07) is 5.94. The molecule has 0 spiro atoms. The van der Waals surface area contributed by atoms with Crippen molar-refractivity contribution in [2.75, 3.05) is 7.11 Å². The van der Waals surface area contributed by atoms with E-state index in [0.717, 1.165) is 0 Å². The Labute approximate surface area is 96.0 Å². The summed E-state index contributed by atoms with van der Waals surface area (Å²) in [6.45, 7) is 0. The van der Waals surface area contributed by atoms with Crippen molar-refractivity contribution >= 4 is 22.4 Å². The van der Waals surface area contributed by atoms with Gasteiger partial charge in [-0.1, -0.05) is 0 Å². The third kappa shape index (κ3) is 1.92. The quantitative estimate of drug-likeness (QED) is 0.448. The predicted molar refractivity (Wildman–Crippen MR) is 59.7 cm³/mol. The number of aromatic nitrogens is 1. The number of carbonyl (C=O) groups excluding carboxylic acids is 1. The number of esters is 1. The molecule has 17 heavy (non-hydrogen) atoms. The maximum atomic E-state index is 11.5. The number of ether oxygens (including phenoxy) is 1. The van der Waals surface area contributed by atoms with Gasteiger partial charge in [-0.05, 0) is 17.5 Å². The Hall–Kier alpha value is -2.50. The highest BCUT2D eigenvalue weighted by Gasteiger charge is 2.14. The van der Waals surface area contributed by atoms with Gasteiger partial charge in [0.1, 0.15) is 0 Å². The number of carbonyl (C=O) groups is 1. The molecule has 0 fully saturated rings. The maximum absolute atomic E-state index is 11.5. The van der Waals surface area contributed by atoms with Crippen LogP contribution in [0.1, 0.15) is 10.5 Å². The normalized spacial score (nSPS) is 10.2. The molecule has 0 N–H and O–H groups in total. The minimum atomic E-state index is -0.615. The van der Waals surface area contributed by atoms with Crippen molar-refractivity contribution < 1.29 is 14.5 Å². The molecule has 0 aliphatic heterocycles. The second-order valence-electron chi connectivity index (χ2n) is 3.31. The largest absolute Gasteiger partial charge is 0.464 e. The van der Waals surface area contributed by atoms with Gasteiger partial charge in [0.2, 0.25) is 0 Å². The minimum Gasteiger partial charge on any atom is -0.464 e. The number of nitro benzene ring substituents is 1. The van der Waals surface area contributed by atoms with E-state index in [9.17, 15) is 14.9 Å². The molecule has 86 valence electrons. The number of rotatable bonds is 2. The number of fused-ring (bicyclic) bond motifs is 1. The van der Waals surface area contributed by atoms with Crippen molar-refractivity contribution in [3.8, 4) is 0 Å². The van der Waals surface area contributed by atoms with Crippen molar-refractivity contribution in [2.24, 2.45) is 0 Å². The number of hydrogen-bond donors (Lipinski definition) is 0. The second-order valence-corrected chi connectivity index (χ2v) is 3.31. The van der Waals surface area contributed by atoms with Crippen LogP contribution in [0, 0.1) is 10.1 Å².